The average molecular weight is 415 g/mol. The van der Waals surface area contributed by atoms with Gasteiger partial charge in [-0.3, -0.25) is 14.5 Å². The number of hydrogen-bond donors (Lipinski definition) is 2. The van der Waals surface area contributed by atoms with E-state index < -0.39 is 24.0 Å². The van der Waals surface area contributed by atoms with E-state index in [1.807, 2.05) is 0 Å². The van der Waals surface area contributed by atoms with E-state index in [4.69, 9.17) is 4.42 Å². The molecule has 1 fully saturated rings. The Morgan fingerprint density at radius 2 is 1.87 bits per heavy atom. The summed E-state index contributed by atoms with van der Waals surface area (Å²) in [4.78, 5) is 39.8. The fraction of sp³-hybridized carbons (Fsp3) is 0.381. The third-order valence-electron chi connectivity index (χ3n) is 4.87. The first-order chi connectivity index (χ1) is 14.5. The van der Waals surface area contributed by atoms with Crippen molar-refractivity contribution in [3.8, 4) is 0 Å². The number of methoxy groups -OCH3 is 1. The van der Waals surface area contributed by atoms with E-state index in [1.54, 1.807) is 42.5 Å². The summed E-state index contributed by atoms with van der Waals surface area (Å²) in [6.07, 6.45) is -0.896. The van der Waals surface area contributed by atoms with Crippen molar-refractivity contribution >= 4 is 17.8 Å². The summed E-state index contributed by atoms with van der Waals surface area (Å²) < 4.78 is 10.1. The zero-order valence-electron chi connectivity index (χ0n) is 16.7. The van der Waals surface area contributed by atoms with Gasteiger partial charge in [-0.2, -0.15) is 0 Å². The number of carbonyl (C=O) groups excluding carboxylic acids is 3. The Bertz CT molecular complexity index is 882. The molecular weight excluding hydrogens is 390 g/mol. The van der Waals surface area contributed by atoms with Crippen LogP contribution >= 0.6 is 0 Å². The van der Waals surface area contributed by atoms with Crippen LogP contribution in [0.15, 0.2) is 46.9 Å². The number of aliphatic hydroxyl groups is 1. The predicted molar refractivity (Wildman–Crippen MR) is 106 cm³/mol. The Morgan fingerprint density at radius 1 is 1.10 bits per heavy atom. The van der Waals surface area contributed by atoms with Gasteiger partial charge in [-0.1, -0.05) is 18.2 Å². The minimum atomic E-state index is -1.60. The second kappa shape index (κ2) is 10.0. The van der Waals surface area contributed by atoms with Crippen LogP contribution in [0.2, 0.25) is 0 Å². The lowest BCUT2D eigenvalue weighted by atomic mass is 10.2. The number of amides is 2. The molecule has 0 aliphatic carbocycles. The molecule has 0 saturated carbocycles. The number of aliphatic hydroxyl groups excluding tert-OH is 1. The summed E-state index contributed by atoms with van der Waals surface area (Å²) >= 11 is 0. The highest BCUT2D eigenvalue weighted by atomic mass is 16.5. The quantitative estimate of drug-likeness (QED) is 0.531. The average Bonchev–Trinajstić information content (AvgIpc) is 3.11. The van der Waals surface area contributed by atoms with Gasteiger partial charge in [-0.15, -0.1) is 0 Å². The molecule has 3 rings (SSSR count). The molecule has 160 valence electrons. The van der Waals surface area contributed by atoms with E-state index in [0.717, 1.165) is 6.54 Å². The molecule has 2 N–H and O–H groups in total. The van der Waals surface area contributed by atoms with E-state index in [1.165, 1.54) is 12.0 Å². The van der Waals surface area contributed by atoms with Crippen LogP contribution in [0.25, 0.3) is 0 Å². The highest BCUT2D eigenvalue weighted by Crippen LogP contribution is 2.14. The maximum absolute atomic E-state index is 12.6. The fourth-order valence-corrected chi connectivity index (χ4v) is 3.27. The van der Waals surface area contributed by atoms with Crippen molar-refractivity contribution in [2.24, 2.45) is 0 Å². The molecule has 0 spiro atoms. The minimum absolute atomic E-state index is 0.149. The molecule has 1 aliphatic rings. The van der Waals surface area contributed by atoms with Gasteiger partial charge in [0.1, 0.15) is 5.76 Å². The number of hydrogen-bond acceptors (Lipinski definition) is 7. The van der Waals surface area contributed by atoms with Crippen molar-refractivity contribution in [2.45, 2.75) is 19.2 Å². The van der Waals surface area contributed by atoms with Crippen LogP contribution in [-0.4, -0.2) is 72.2 Å². The third kappa shape index (κ3) is 5.46. The lowest BCUT2D eigenvalue weighted by molar-refractivity contribution is -0.141. The number of carbonyl (C=O) groups is 3. The number of nitrogens with one attached hydrogen (secondary N) is 1. The standard InChI is InChI=1S/C21H25N3O6/c1-29-21(28)17-9-8-16(30-17)14-23-10-5-11-24(13-12-23)20(27)19(26)22-18(25)15-6-3-2-4-7-15/h2-4,6-9,19,26H,5,10-14H2,1H3,(H,22,25). The lowest BCUT2D eigenvalue weighted by Gasteiger charge is -2.24. The van der Waals surface area contributed by atoms with E-state index in [-0.39, 0.29) is 5.76 Å². The van der Waals surface area contributed by atoms with Crippen molar-refractivity contribution < 1.29 is 28.6 Å². The van der Waals surface area contributed by atoms with Gasteiger partial charge in [-0.05, 0) is 30.7 Å². The highest BCUT2D eigenvalue weighted by molar-refractivity contribution is 5.97. The molecule has 2 heterocycles. The van der Waals surface area contributed by atoms with Crippen LogP contribution in [0.5, 0.6) is 0 Å². The smallest absolute Gasteiger partial charge is 0.373 e. The Kier molecular flexibility index (Phi) is 7.21. The van der Waals surface area contributed by atoms with Crippen molar-refractivity contribution in [2.75, 3.05) is 33.3 Å². The molecule has 0 radical (unpaired) electrons. The second-order valence-corrected chi connectivity index (χ2v) is 6.95. The Hall–Kier alpha value is -3.17. The summed E-state index contributed by atoms with van der Waals surface area (Å²) in [6.45, 7) is 2.66. The van der Waals surface area contributed by atoms with Crippen LogP contribution in [0.1, 0.15) is 33.1 Å². The Balaban J connectivity index is 1.51. The van der Waals surface area contributed by atoms with Gasteiger partial charge >= 0.3 is 5.97 Å². The summed E-state index contributed by atoms with van der Waals surface area (Å²) in [5.41, 5.74) is 0.371. The number of nitrogens with zero attached hydrogens (tertiary/aromatic N) is 2. The van der Waals surface area contributed by atoms with Crippen molar-refractivity contribution in [1.82, 2.24) is 15.1 Å². The zero-order chi connectivity index (χ0) is 21.5. The van der Waals surface area contributed by atoms with Crippen LogP contribution in [0, 0.1) is 0 Å². The molecule has 1 aliphatic heterocycles. The van der Waals surface area contributed by atoms with Gasteiger partial charge in [-0.25, -0.2) is 4.79 Å². The molecule has 1 atom stereocenters. The molecule has 0 bridgehead atoms. The second-order valence-electron chi connectivity index (χ2n) is 6.95. The first-order valence-electron chi connectivity index (χ1n) is 9.70. The Morgan fingerprint density at radius 3 is 2.60 bits per heavy atom. The number of rotatable bonds is 6. The molecule has 1 saturated heterocycles. The van der Waals surface area contributed by atoms with Gasteiger partial charge in [0.15, 0.2) is 0 Å². The lowest BCUT2D eigenvalue weighted by Crippen LogP contribution is -2.49. The fourth-order valence-electron chi connectivity index (χ4n) is 3.27. The molecule has 9 heteroatoms. The first-order valence-corrected chi connectivity index (χ1v) is 9.70. The van der Waals surface area contributed by atoms with Crippen molar-refractivity contribution in [1.29, 1.82) is 0 Å². The van der Waals surface area contributed by atoms with Crippen molar-refractivity contribution in [3.05, 3.63) is 59.5 Å². The number of ether oxygens (including phenoxy) is 1. The zero-order valence-corrected chi connectivity index (χ0v) is 16.7. The van der Waals surface area contributed by atoms with E-state index in [9.17, 15) is 19.5 Å². The summed E-state index contributed by atoms with van der Waals surface area (Å²) in [6, 6.07) is 11.7. The molecule has 1 aromatic carbocycles. The van der Waals surface area contributed by atoms with E-state index in [0.29, 0.717) is 43.9 Å². The summed E-state index contributed by atoms with van der Waals surface area (Å²) in [5.74, 6) is -0.790. The van der Waals surface area contributed by atoms with Gasteiger partial charge in [0.2, 0.25) is 12.0 Å². The highest BCUT2D eigenvalue weighted by Gasteiger charge is 2.26. The Labute approximate surface area is 174 Å². The number of furan rings is 1. The maximum Gasteiger partial charge on any atom is 0.373 e. The molecule has 9 nitrogen and oxygen atoms in total. The molecule has 2 amide bonds. The van der Waals surface area contributed by atoms with Gasteiger partial charge < -0.3 is 24.5 Å². The molecule has 1 unspecified atom stereocenters. The topological polar surface area (TPSA) is 112 Å². The number of benzene rings is 1. The first kappa shape index (κ1) is 21.5. The van der Waals surface area contributed by atoms with Gasteiger partial charge in [0, 0.05) is 31.7 Å². The van der Waals surface area contributed by atoms with E-state index >= 15 is 0 Å². The van der Waals surface area contributed by atoms with Gasteiger partial charge in [0.05, 0.1) is 13.7 Å². The molecule has 1 aromatic heterocycles. The monoisotopic (exact) mass is 415 g/mol. The van der Waals surface area contributed by atoms with Crippen LogP contribution in [0.3, 0.4) is 0 Å². The maximum atomic E-state index is 12.6. The van der Waals surface area contributed by atoms with Crippen LogP contribution < -0.4 is 5.32 Å². The number of esters is 1. The predicted octanol–water partition coefficient (Wildman–Crippen LogP) is 0.849. The SMILES string of the molecule is COC(=O)c1ccc(CN2CCCN(C(=O)C(O)NC(=O)c3ccccc3)CC2)o1. The normalized spacial score (nSPS) is 15.9. The third-order valence-corrected chi connectivity index (χ3v) is 4.87. The summed E-state index contributed by atoms with van der Waals surface area (Å²) in [7, 11) is 1.29. The van der Waals surface area contributed by atoms with Gasteiger partial charge in [0.25, 0.3) is 11.8 Å². The van der Waals surface area contributed by atoms with Crippen LogP contribution in [-0.2, 0) is 16.1 Å². The minimum Gasteiger partial charge on any atom is -0.463 e. The van der Waals surface area contributed by atoms with E-state index in [2.05, 4.69) is 15.0 Å². The molecular formula is C21H25N3O6. The van der Waals surface area contributed by atoms with Crippen molar-refractivity contribution in [3.63, 3.8) is 0 Å². The molecule has 2 aromatic rings. The summed E-state index contributed by atoms with van der Waals surface area (Å²) in [5, 5.41) is 12.5. The molecule has 30 heavy (non-hydrogen) atoms. The van der Waals surface area contributed by atoms with Crippen LogP contribution in [0.4, 0.5) is 0 Å². The largest absolute Gasteiger partial charge is 0.463 e.